The van der Waals surface area contributed by atoms with Crippen LogP contribution < -0.4 is 10.5 Å². The van der Waals surface area contributed by atoms with Gasteiger partial charge in [-0.05, 0) is 30.2 Å². The average Bonchev–Trinajstić information content (AvgIpc) is 2.29. The summed E-state index contributed by atoms with van der Waals surface area (Å²) in [5.74, 6) is 0. The number of aryl methyl sites for hydroxylation is 1. The predicted molar refractivity (Wildman–Crippen MR) is 66.1 cm³/mol. The smallest absolute Gasteiger partial charge is 0.240 e. The summed E-state index contributed by atoms with van der Waals surface area (Å²) in [7, 11) is -1.93. The van der Waals surface area contributed by atoms with Crippen molar-refractivity contribution in [2.75, 3.05) is 20.3 Å². The fraction of sp³-hybridized carbons (Fsp3) is 0.455. The molecule has 0 spiro atoms. The van der Waals surface area contributed by atoms with Gasteiger partial charge in [0.2, 0.25) is 10.0 Å². The Labute approximate surface area is 102 Å². The van der Waals surface area contributed by atoms with Crippen molar-refractivity contribution in [3.63, 3.8) is 0 Å². The van der Waals surface area contributed by atoms with Crippen LogP contribution in [0.4, 0.5) is 0 Å². The third kappa shape index (κ3) is 3.78. The number of nitrogens with one attached hydrogen (secondary N) is 1. The summed E-state index contributed by atoms with van der Waals surface area (Å²) >= 11 is 0. The fourth-order valence-corrected chi connectivity index (χ4v) is 2.52. The van der Waals surface area contributed by atoms with Gasteiger partial charge in [-0.3, -0.25) is 0 Å². The lowest BCUT2D eigenvalue weighted by Crippen LogP contribution is -2.27. The van der Waals surface area contributed by atoms with Gasteiger partial charge in [0.05, 0.1) is 11.5 Å². The quantitative estimate of drug-likeness (QED) is 0.723. The van der Waals surface area contributed by atoms with Crippen molar-refractivity contribution in [3.05, 3.63) is 29.3 Å². The van der Waals surface area contributed by atoms with Gasteiger partial charge in [-0.2, -0.15) is 0 Å². The lowest BCUT2D eigenvalue weighted by atomic mass is 10.1. The lowest BCUT2D eigenvalue weighted by molar-refractivity contribution is 0.204. The number of sulfonamides is 1. The largest absolute Gasteiger partial charge is 0.383 e. The van der Waals surface area contributed by atoms with Gasteiger partial charge < -0.3 is 10.5 Å². The maximum absolute atomic E-state index is 11.9. The Kier molecular flexibility index (Phi) is 5.07. The van der Waals surface area contributed by atoms with Gasteiger partial charge >= 0.3 is 0 Å². The van der Waals surface area contributed by atoms with E-state index in [1.807, 2.05) is 6.92 Å². The minimum Gasteiger partial charge on any atom is -0.383 e. The molecule has 0 fully saturated rings. The normalized spacial score (nSPS) is 11.7. The molecular weight excluding hydrogens is 240 g/mol. The zero-order chi connectivity index (χ0) is 12.9. The predicted octanol–water partition coefficient (Wildman–Crippen LogP) is 0.378. The maximum Gasteiger partial charge on any atom is 0.240 e. The lowest BCUT2D eigenvalue weighted by Gasteiger charge is -2.09. The Morgan fingerprint density at radius 2 is 2.12 bits per heavy atom. The van der Waals surface area contributed by atoms with Crippen LogP contribution in [-0.4, -0.2) is 28.7 Å². The summed E-state index contributed by atoms with van der Waals surface area (Å²) < 4.78 is 31.0. The van der Waals surface area contributed by atoms with Crippen molar-refractivity contribution in [3.8, 4) is 0 Å². The molecule has 96 valence electrons. The minimum absolute atomic E-state index is 0.253. The highest BCUT2D eigenvalue weighted by Gasteiger charge is 2.13. The van der Waals surface area contributed by atoms with E-state index in [9.17, 15) is 8.42 Å². The highest BCUT2D eigenvalue weighted by molar-refractivity contribution is 7.89. The van der Waals surface area contributed by atoms with E-state index in [4.69, 9.17) is 10.5 Å². The Bertz CT molecular complexity index is 472. The molecule has 0 aliphatic heterocycles. The van der Waals surface area contributed by atoms with Gasteiger partial charge in [0.15, 0.2) is 0 Å². The summed E-state index contributed by atoms with van der Waals surface area (Å²) in [6.45, 7) is 2.86. The first-order valence-corrected chi connectivity index (χ1v) is 6.78. The van der Waals surface area contributed by atoms with Crippen LogP contribution in [0.15, 0.2) is 23.1 Å². The van der Waals surface area contributed by atoms with Crippen molar-refractivity contribution in [1.82, 2.24) is 4.72 Å². The number of benzene rings is 1. The van der Waals surface area contributed by atoms with E-state index in [1.54, 1.807) is 18.2 Å². The van der Waals surface area contributed by atoms with Crippen molar-refractivity contribution in [1.29, 1.82) is 0 Å². The van der Waals surface area contributed by atoms with Crippen molar-refractivity contribution in [2.24, 2.45) is 5.73 Å². The molecule has 0 atom stereocenters. The van der Waals surface area contributed by atoms with E-state index in [2.05, 4.69) is 4.72 Å². The molecule has 0 aliphatic rings. The zero-order valence-electron chi connectivity index (χ0n) is 10.1. The first kappa shape index (κ1) is 14.1. The number of ether oxygens (including phenoxy) is 1. The Morgan fingerprint density at radius 3 is 2.65 bits per heavy atom. The Morgan fingerprint density at radius 1 is 1.41 bits per heavy atom. The van der Waals surface area contributed by atoms with Gasteiger partial charge in [-0.15, -0.1) is 0 Å². The van der Waals surface area contributed by atoms with Crippen molar-refractivity contribution in [2.45, 2.75) is 18.4 Å². The monoisotopic (exact) mass is 258 g/mol. The second-order valence-corrected chi connectivity index (χ2v) is 5.45. The molecule has 0 saturated heterocycles. The van der Waals surface area contributed by atoms with E-state index in [1.165, 1.54) is 7.11 Å². The summed E-state index contributed by atoms with van der Waals surface area (Å²) in [4.78, 5) is 0.253. The molecule has 0 heterocycles. The van der Waals surface area contributed by atoms with E-state index >= 15 is 0 Å². The second-order valence-electron chi connectivity index (χ2n) is 3.68. The number of hydrogen-bond donors (Lipinski definition) is 2. The number of rotatable bonds is 6. The molecule has 1 rings (SSSR count). The molecule has 1 aromatic rings. The van der Waals surface area contributed by atoms with Crippen LogP contribution in [0.5, 0.6) is 0 Å². The highest BCUT2D eigenvalue weighted by atomic mass is 32.2. The summed E-state index contributed by atoms with van der Waals surface area (Å²) in [6.07, 6.45) is 0. The molecule has 1 aromatic carbocycles. The van der Waals surface area contributed by atoms with Crippen LogP contribution in [0.1, 0.15) is 11.1 Å². The van der Waals surface area contributed by atoms with Crippen LogP contribution >= 0.6 is 0 Å². The maximum atomic E-state index is 11.9. The SMILES string of the molecule is COCCNS(=O)(=O)c1ccc(CN)c(C)c1. The topological polar surface area (TPSA) is 81.4 Å². The highest BCUT2D eigenvalue weighted by Crippen LogP contribution is 2.14. The Balaban J connectivity index is 2.88. The van der Waals surface area contributed by atoms with E-state index < -0.39 is 10.0 Å². The molecule has 0 bridgehead atoms. The van der Waals surface area contributed by atoms with Gasteiger partial charge in [0, 0.05) is 20.2 Å². The summed E-state index contributed by atoms with van der Waals surface area (Å²) in [5.41, 5.74) is 7.35. The molecule has 5 nitrogen and oxygen atoms in total. The molecule has 6 heteroatoms. The molecule has 17 heavy (non-hydrogen) atoms. The van der Waals surface area contributed by atoms with Gasteiger partial charge in [-0.25, -0.2) is 13.1 Å². The zero-order valence-corrected chi connectivity index (χ0v) is 10.9. The van der Waals surface area contributed by atoms with Gasteiger partial charge in [-0.1, -0.05) is 6.07 Å². The Hall–Kier alpha value is -0.950. The second kappa shape index (κ2) is 6.11. The summed E-state index contributed by atoms with van der Waals surface area (Å²) in [5, 5.41) is 0. The van der Waals surface area contributed by atoms with Crippen LogP contribution in [0.2, 0.25) is 0 Å². The van der Waals surface area contributed by atoms with E-state index in [0.717, 1.165) is 11.1 Å². The van der Waals surface area contributed by atoms with Crippen molar-refractivity contribution < 1.29 is 13.2 Å². The average molecular weight is 258 g/mol. The molecule has 0 saturated carbocycles. The van der Waals surface area contributed by atoms with Crippen molar-refractivity contribution >= 4 is 10.0 Å². The molecule has 0 unspecified atom stereocenters. The first-order valence-electron chi connectivity index (χ1n) is 5.29. The first-order chi connectivity index (χ1) is 8.01. The third-order valence-corrected chi connectivity index (χ3v) is 3.90. The number of methoxy groups -OCH3 is 1. The van der Waals surface area contributed by atoms with Crippen LogP contribution in [0.25, 0.3) is 0 Å². The molecule has 0 radical (unpaired) electrons. The number of nitrogens with two attached hydrogens (primary N) is 1. The standard InChI is InChI=1S/C11H18N2O3S/c1-9-7-11(4-3-10(9)8-12)17(14,15)13-5-6-16-2/h3-4,7,13H,5-6,8,12H2,1-2H3. The van der Waals surface area contributed by atoms with E-state index in [0.29, 0.717) is 13.2 Å². The molecule has 0 amide bonds. The molecule has 0 aromatic heterocycles. The summed E-state index contributed by atoms with van der Waals surface area (Å²) in [6, 6.07) is 4.92. The van der Waals surface area contributed by atoms with Crippen LogP contribution in [-0.2, 0) is 21.3 Å². The van der Waals surface area contributed by atoms with E-state index in [-0.39, 0.29) is 11.4 Å². The molecule has 0 aliphatic carbocycles. The molecular formula is C11H18N2O3S. The van der Waals surface area contributed by atoms with Crippen LogP contribution in [0, 0.1) is 6.92 Å². The molecule has 3 N–H and O–H groups in total. The third-order valence-electron chi connectivity index (χ3n) is 2.44. The fourth-order valence-electron chi connectivity index (χ4n) is 1.43. The van der Waals surface area contributed by atoms with Gasteiger partial charge in [0.1, 0.15) is 0 Å². The van der Waals surface area contributed by atoms with Crippen LogP contribution in [0.3, 0.4) is 0 Å². The minimum atomic E-state index is -3.45. The van der Waals surface area contributed by atoms with Gasteiger partial charge in [0.25, 0.3) is 0 Å². The number of hydrogen-bond acceptors (Lipinski definition) is 4.